The van der Waals surface area contributed by atoms with E-state index in [4.69, 9.17) is 9.47 Å². The number of ether oxygens (including phenoxy) is 2. The van der Waals surface area contributed by atoms with Crippen molar-refractivity contribution in [1.29, 1.82) is 0 Å². The second-order valence-corrected chi connectivity index (χ2v) is 9.63. The topological polar surface area (TPSA) is 88.1 Å². The molecular weight excluding hydrogens is 408 g/mol. The van der Waals surface area contributed by atoms with Crippen LogP contribution in [0.1, 0.15) is 44.7 Å². The molecule has 1 unspecified atom stereocenters. The van der Waals surface area contributed by atoms with Gasteiger partial charge in [0.1, 0.15) is 17.8 Å². The average Bonchev–Trinajstić information content (AvgIpc) is 3.02. The Morgan fingerprint density at radius 1 is 1.09 bits per heavy atom. The van der Waals surface area contributed by atoms with Crippen molar-refractivity contribution in [3.8, 4) is 11.1 Å². The molecule has 0 aromatic heterocycles. The van der Waals surface area contributed by atoms with Gasteiger partial charge in [-0.3, -0.25) is 0 Å². The first-order valence-corrected chi connectivity index (χ1v) is 10.9. The number of β-amino-alcohol motifs (C(OH)–C–C–N with tert-alkyl or cyclic N) is 1. The summed E-state index contributed by atoms with van der Waals surface area (Å²) in [4.78, 5) is 26.0. The zero-order chi connectivity index (χ0) is 23.1. The molecule has 1 saturated heterocycles. The van der Waals surface area contributed by atoms with Crippen molar-refractivity contribution in [1.82, 2.24) is 10.2 Å². The molecule has 0 saturated carbocycles. The van der Waals surface area contributed by atoms with E-state index in [1.54, 1.807) is 27.7 Å². The van der Waals surface area contributed by atoms with Crippen molar-refractivity contribution in [3.05, 3.63) is 59.7 Å². The third kappa shape index (κ3) is 4.30. The first-order valence-electron chi connectivity index (χ1n) is 10.9. The summed E-state index contributed by atoms with van der Waals surface area (Å²) >= 11 is 0. The van der Waals surface area contributed by atoms with Crippen LogP contribution in [0.4, 0.5) is 9.59 Å². The highest BCUT2D eigenvalue weighted by molar-refractivity contribution is 5.79. The van der Waals surface area contributed by atoms with Crippen LogP contribution in [-0.4, -0.2) is 59.1 Å². The molecule has 2 aromatic carbocycles. The van der Waals surface area contributed by atoms with Crippen LogP contribution in [0, 0.1) is 0 Å². The summed E-state index contributed by atoms with van der Waals surface area (Å²) in [7, 11) is 0. The number of carbonyl (C=O) groups excluding carboxylic acids is 2. The Morgan fingerprint density at radius 3 is 2.16 bits per heavy atom. The van der Waals surface area contributed by atoms with Gasteiger partial charge in [0.25, 0.3) is 0 Å². The molecular formula is C25H30N2O5. The van der Waals surface area contributed by atoms with E-state index in [0.717, 1.165) is 22.3 Å². The summed E-state index contributed by atoms with van der Waals surface area (Å²) in [6, 6.07) is 15.7. The standard InChI is InChI=1S/C25H30N2O5/c1-16(25(30)14-27(15-25)23(29)32-24(2,3)4)26-22(28)31-13-21-19-11-7-5-9-17(19)18-10-6-8-12-20(18)21/h5-12,16,21,30H,13-15H2,1-4H3,(H,26,28). The lowest BCUT2D eigenvalue weighted by atomic mass is 9.87. The molecule has 1 aliphatic carbocycles. The van der Waals surface area contributed by atoms with Crippen LogP contribution in [-0.2, 0) is 9.47 Å². The number of benzene rings is 2. The number of nitrogens with one attached hydrogen (secondary N) is 1. The Morgan fingerprint density at radius 2 is 1.62 bits per heavy atom. The number of fused-ring (bicyclic) bond motifs is 3. The number of nitrogens with zero attached hydrogens (tertiary/aromatic N) is 1. The molecule has 1 atom stereocenters. The predicted molar refractivity (Wildman–Crippen MR) is 120 cm³/mol. The number of hydrogen-bond donors (Lipinski definition) is 2. The lowest BCUT2D eigenvalue weighted by Gasteiger charge is -2.49. The van der Waals surface area contributed by atoms with Gasteiger partial charge in [-0.1, -0.05) is 48.5 Å². The number of aliphatic hydroxyl groups is 1. The van der Waals surface area contributed by atoms with Crippen LogP contribution in [0.3, 0.4) is 0 Å². The number of amides is 2. The van der Waals surface area contributed by atoms with Gasteiger partial charge in [0.05, 0.1) is 19.1 Å². The number of likely N-dealkylation sites (tertiary alicyclic amines) is 1. The average molecular weight is 439 g/mol. The SMILES string of the molecule is CC(NC(=O)OCC1c2ccccc2-c2ccccc21)C1(O)CN(C(=O)OC(C)(C)C)C1. The first kappa shape index (κ1) is 22.1. The summed E-state index contributed by atoms with van der Waals surface area (Å²) in [5.41, 5.74) is 2.78. The van der Waals surface area contributed by atoms with Crippen molar-refractivity contribution in [2.24, 2.45) is 0 Å². The van der Waals surface area contributed by atoms with E-state index in [2.05, 4.69) is 29.6 Å². The summed E-state index contributed by atoms with van der Waals surface area (Å²) < 4.78 is 10.9. The van der Waals surface area contributed by atoms with Crippen molar-refractivity contribution in [2.75, 3.05) is 19.7 Å². The highest BCUT2D eigenvalue weighted by Gasteiger charge is 2.49. The third-order valence-electron chi connectivity index (χ3n) is 6.07. The van der Waals surface area contributed by atoms with Gasteiger partial charge >= 0.3 is 12.2 Å². The van der Waals surface area contributed by atoms with Gasteiger partial charge < -0.3 is 24.8 Å². The second-order valence-electron chi connectivity index (χ2n) is 9.63. The molecule has 4 rings (SSSR count). The Labute approximate surface area is 188 Å². The number of alkyl carbamates (subject to hydrolysis) is 1. The zero-order valence-corrected chi connectivity index (χ0v) is 18.9. The third-order valence-corrected chi connectivity index (χ3v) is 6.07. The van der Waals surface area contributed by atoms with Crippen molar-refractivity contribution in [3.63, 3.8) is 0 Å². The van der Waals surface area contributed by atoms with Crippen LogP contribution in [0.15, 0.2) is 48.5 Å². The molecule has 0 radical (unpaired) electrons. The molecule has 0 spiro atoms. The summed E-state index contributed by atoms with van der Waals surface area (Å²) in [6.07, 6.45) is -1.07. The van der Waals surface area contributed by atoms with E-state index in [9.17, 15) is 14.7 Å². The normalized spacial score (nSPS) is 17.6. The van der Waals surface area contributed by atoms with Gasteiger partial charge in [0.2, 0.25) is 0 Å². The van der Waals surface area contributed by atoms with Gasteiger partial charge in [-0.2, -0.15) is 0 Å². The zero-order valence-electron chi connectivity index (χ0n) is 18.9. The summed E-state index contributed by atoms with van der Waals surface area (Å²) in [5.74, 6) is -0.0297. The minimum Gasteiger partial charge on any atom is -0.449 e. The van der Waals surface area contributed by atoms with Crippen LogP contribution in [0.2, 0.25) is 0 Å². The van der Waals surface area contributed by atoms with Crippen LogP contribution < -0.4 is 5.32 Å². The summed E-state index contributed by atoms with van der Waals surface area (Å²) in [5, 5.41) is 13.5. The Bertz CT molecular complexity index is 977. The second kappa shape index (κ2) is 8.13. The first-order chi connectivity index (χ1) is 15.1. The molecule has 2 aliphatic rings. The largest absolute Gasteiger partial charge is 0.449 e. The molecule has 2 N–H and O–H groups in total. The molecule has 7 heteroatoms. The van der Waals surface area contributed by atoms with E-state index in [0.29, 0.717) is 0 Å². The van der Waals surface area contributed by atoms with Gasteiger partial charge in [-0.25, -0.2) is 9.59 Å². The smallest absolute Gasteiger partial charge is 0.410 e. The van der Waals surface area contributed by atoms with Gasteiger partial charge in [0.15, 0.2) is 0 Å². The van der Waals surface area contributed by atoms with E-state index in [1.165, 1.54) is 4.90 Å². The minimum absolute atomic E-state index is 0.0297. The number of carbonyl (C=O) groups is 2. The maximum Gasteiger partial charge on any atom is 0.410 e. The van der Waals surface area contributed by atoms with Crippen molar-refractivity contribution in [2.45, 2.75) is 50.9 Å². The highest BCUT2D eigenvalue weighted by Crippen LogP contribution is 2.44. The number of hydrogen-bond acceptors (Lipinski definition) is 5. The molecule has 1 aliphatic heterocycles. The molecule has 32 heavy (non-hydrogen) atoms. The maximum absolute atomic E-state index is 12.5. The Kier molecular flexibility index (Phi) is 5.63. The Balaban J connectivity index is 1.32. The minimum atomic E-state index is -1.22. The summed E-state index contributed by atoms with van der Waals surface area (Å²) in [6.45, 7) is 7.46. The lowest BCUT2D eigenvalue weighted by molar-refractivity contribution is -0.113. The molecule has 1 fully saturated rings. The molecule has 170 valence electrons. The van der Waals surface area contributed by atoms with E-state index in [-0.39, 0.29) is 25.6 Å². The van der Waals surface area contributed by atoms with Crippen LogP contribution in [0.25, 0.3) is 11.1 Å². The highest BCUT2D eigenvalue weighted by atomic mass is 16.6. The molecule has 7 nitrogen and oxygen atoms in total. The maximum atomic E-state index is 12.5. The van der Waals surface area contributed by atoms with Crippen molar-refractivity contribution < 1.29 is 24.2 Å². The number of rotatable bonds is 4. The van der Waals surface area contributed by atoms with Gasteiger partial charge in [-0.15, -0.1) is 0 Å². The van der Waals surface area contributed by atoms with E-state index in [1.807, 2.05) is 24.3 Å². The van der Waals surface area contributed by atoms with Crippen molar-refractivity contribution >= 4 is 12.2 Å². The fourth-order valence-corrected chi connectivity index (χ4v) is 4.30. The van der Waals surface area contributed by atoms with Crippen LogP contribution in [0.5, 0.6) is 0 Å². The molecule has 1 heterocycles. The quantitative estimate of drug-likeness (QED) is 0.756. The van der Waals surface area contributed by atoms with Gasteiger partial charge in [0, 0.05) is 5.92 Å². The van der Waals surface area contributed by atoms with E-state index < -0.39 is 29.4 Å². The molecule has 2 aromatic rings. The predicted octanol–water partition coefficient (Wildman–Crippen LogP) is 3.90. The van der Waals surface area contributed by atoms with Gasteiger partial charge in [-0.05, 0) is 49.9 Å². The lowest BCUT2D eigenvalue weighted by Crippen LogP contribution is -2.71. The van der Waals surface area contributed by atoms with Crippen LogP contribution >= 0.6 is 0 Å². The fraction of sp³-hybridized carbons (Fsp3) is 0.440. The van der Waals surface area contributed by atoms with E-state index >= 15 is 0 Å². The fourth-order valence-electron chi connectivity index (χ4n) is 4.30. The Hall–Kier alpha value is -3.06. The molecule has 2 amide bonds. The monoisotopic (exact) mass is 438 g/mol. The molecule has 0 bridgehead atoms.